The summed E-state index contributed by atoms with van der Waals surface area (Å²) < 4.78 is 4.81. The smallest absolute Gasteiger partial charge is 0.226 e. The van der Waals surface area contributed by atoms with Gasteiger partial charge in [0.2, 0.25) is 5.28 Å². The van der Waals surface area contributed by atoms with E-state index in [0.29, 0.717) is 22.5 Å². The van der Waals surface area contributed by atoms with E-state index in [1.807, 2.05) is 0 Å². The molecule has 0 bridgehead atoms. The lowest BCUT2D eigenvalue weighted by Crippen LogP contribution is -2.04. The fourth-order valence-corrected chi connectivity index (χ4v) is 2.19. The molecule has 3 rings (SSSR count). The molecule has 96 valence electrons. The number of nitrogens with one attached hydrogen (secondary N) is 2. The molecule has 0 spiro atoms. The highest BCUT2D eigenvalue weighted by molar-refractivity contribution is 7.94. The first kappa shape index (κ1) is 12.0. The van der Waals surface area contributed by atoms with Crippen LogP contribution in [0.25, 0.3) is 11.0 Å². The maximum atomic E-state index is 5.87. The average Bonchev–Trinajstić information content (AvgIpc) is 3.06. The Kier molecular flexibility index (Phi) is 3.25. The maximum Gasteiger partial charge on any atom is 0.226 e. The van der Waals surface area contributed by atoms with Crippen molar-refractivity contribution in [3.63, 3.8) is 0 Å². The van der Waals surface area contributed by atoms with Crippen molar-refractivity contribution in [3.8, 4) is 0 Å². The van der Waals surface area contributed by atoms with Crippen LogP contribution < -0.4 is 5.32 Å². The molecule has 0 radical (unpaired) electrons. The molecule has 2 N–H and O–H groups in total. The topological polar surface area (TPSA) is 85.0 Å². The minimum absolute atomic E-state index is 0.179. The van der Waals surface area contributed by atoms with Crippen LogP contribution in [-0.4, -0.2) is 33.3 Å². The van der Waals surface area contributed by atoms with Crippen LogP contribution in [0.3, 0.4) is 0 Å². The molecule has 0 atom stereocenters. The van der Waals surface area contributed by atoms with Gasteiger partial charge in [0.05, 0.1) is 24.5 Å². The lowest BCUT2D eigenvalue weighted by atomic mass is 10.4. The minimum Gasteiger partial charge on any atom is -0.367 e. The van der Waals surface area contributed by atoms with Gasteiger partial charge in [0.15, 0.2) is 10.7 Å². The number of H-pyrrole nitrogens is 1. The number of halogens is 1. The van der Waals surface area contributed by atoms with Gasteiger partial charge in [-0.25, -0.2) is 4.89 Å². The number of hydrogen-bond donors (Lipinski definition) is 2. The van der Waals surface area contributed by atoms with E-state index in [4.69, 9.17) is 15.9 Å². The van der Waals surface area contributed by atoms with Gasteiger partial charge in [-0.15, -0.1) is 0 Å². The highest BCUT2D eigenvalue weighted by atomic mass is 35.5. The molecule has 9 heteroatoms. The molecule has 1 aliphatic carbocycles. The molecule has 0 saturated heterocycles. The Morgan fingerprint density at radius 2 is 2.28 bits per heavy atom. The van der Waals surface area contributed by atoms with Crippen molar-refractivity contribution in [3.05, 3.63) is 5.28 Å². The summed E-state index contributed by atoms with van der Waals surface area (Å²) in [7, 11) is 1.43. The second kappa shape index (κ2) is 4.88. The van der Waals surface area contributed by atoms with Crippen molar-refractivity contribution in [2.75, 3.05) is 12.4 Å². The number of aromatic nitrogens is 4. The molecule has 1 saturated carbocycles. The van der Waals surface area contributed by atoms with Gasteiger partial charge in [-0.3, -0.25) is 5.10 Å². The molecular formula is C9H10ClN5O2S. The third kappa shape index (κ3) is 2.37. The van der Waals surface area contributed by atoms with Gasteiger partial charge in [0, 0.05) is 6.04 Å². The first-order valence-electron chi connectivity index (χ1n) is 5.33. The van der Waals surface area contributed by atoms with Crippen molar-refractivity contribution in [2.24, 2.45) is 0 Å². The van der Waals surface area contributed by atoms with E-state index in [0.717, 1.165) is 30.3 Å². The van der Waals surface area contributed by atoms with E-state index in [-0.39, 0.29) is 5.28 Å². The zero-order chi connectivity index (χ0) is 12.5. The van der Waals surface area contributed by atoms with Gasteiger partial charge < -0.3 is 5.32 Å². The molecule has 1 fully saturated rings. The fourth-order valence-electron chi connectivity index (χ4n) is 1.53. The molecule has 0 aliphatic heterocycles. The number of anilines is 1. The van der Waals surface area contributed by atoms with E-state index in [9.17, 15) is 0 Å². The van der Waals surface area contributed by atoms with Crippen LogP contribution in [0.15, 0.2) is 5.03 Å². The van der Waals surface area contributed by atoms with E-state index >= 15 is 0 Å². The minimum atomic E-state index is 0.179. The van der Waals surface area contributed by atoms with Crippen LogP contribution in [-0.2, 0) is 9.22 Å². The first-order chi connectivity index (χ1) is 8.78. The Morgan fingerprint density at radius 3 is 3.00 bits per heavy atom. The second-order valence-corrected chi connectivity index (χ2v) is 4.86. The molecule has 2 aromatic rings. The van der Waals surface area contributed by atoms with E-state index in [1.54, 1.807) is 0 Å². The predicted octanol–water partition coefficient (Wildman–Crippen LogP) is 2.17. The lowest BCUT2D eigenvalue weighted by molar-refractivity contribution is -0.160. The summed E-state index contributed by atoms with van der Waals surface area (Å²) in [6.07, 6.45) is 2.27. The van der Waals surface area contributed by atoms with Crippen molar-refractivity contribution in [1.82, 2.24) is 20.2 Å². The molecular weight excluding hydrogens is 278 g/mol. The predicted molar refractivity (Wildman–Crippen MR) is 67.3 cm³/mol. The Morgan fingerprint density at radius 1 is 1.44 bits per heavy atom. The van der Waals surface area contributed by atoms with Crippen LogP contribution >= 0.6 is 23.6 Å². The van der Waals surface area contributed by atoms with E-state index < -0.39 is 0 Å². The highest BCUT2D eigenvalue weighted by Crippen LogP contribution is 2.33. The Balaban J connectivity index is 2.02. The molecule has 1 aliphatic rings. The summed E-state index contributed by atoms with van der Waals surface area (Å²) in [6.45, 7) is 0. The molecule has 0 amide bonds. The van der Waals surface area contributed by atoms with Crippen molar-refractivity contribution >= 4 is 40.5 Å². The van der Waals surface area contributed by atoms with Crippen LogP contribution in [0.2, 0.25) is 5.28 Å². The molecule has 18 heavy (non-hydrogen) atoms. The summed E-state index contributed by atoms with van der Waals surface area (Å²) in [5.74, 6) is 0.670. The summed E-state index contributed by atoms with van der Waals surface area (Å²) in [6, 6.07) is 0.454. The van der Waals surface area contributed by atoms with Crippen molar-refractivity contribution < 1.29 is 9.22 Å². The van der Waals surface area contributed by atoms with Crippen LogP contribution in [0.4, 0.5) is 5.82 Å². The fraction of sp³-hybridized carbons (Fsp3) is 0.444. The van der Waals surface area contributed by atoms with Gasteiger partial charge in [-0.2, -0.15) is 19.4 Å². The summed E-state index contributed by atoms with van der Waals surface area (Å²) in [4.78, 5) is 12.8. The third-order valence-corrected chi connectivity index (χ3v) is 3.28. The van der Waals surface area contributed by atoms with Crippen LogP contribution in [0, 0.1) is 0 Å². The number of rotatable bonds is 5. The van der Waals surface area contributed by atoms with E-state index in [1.165, 1.54) is 7.11 Å². The molecule has 0 aromatic carbocycles. The van der Waals surface area contributed by atoms with Gasteiger partial charge in [0.25, 0.3) is 0 Å². The first-order valence-corrected chi connectivity index (χ1v) is 6.45. The number of nitrogens with zero attached hydrogens (tertiary/aromatic N) is 3. The SMILES string of the molecule is COOSc1n[nH]c2nc(Cl)nc(NC3CC3)c12. The molecule has 0 unspecified atom stereocenters. The standard InChI is InChI=1S/C9H10ClN5O2S/c1-16-17-18-8-5-6(11-4-2-3-4)12-9(10)13-7(5)14-15-8/h4H,2-3H2,1H3,(H2,11,12,13,14,15). The Hall–Kier alpha value is -1.09. The summed E-state index contributed by atoms with van der Waals surface area (Å²) in [5, 5.41) is 11.7. The quantitative estimate of drug-likeness (QED) is 0.377. The second-order valence-electron chi connectivity index (χ2n) is 3.83. The van der Waals surface area contributed by atoms with Crippen LogP contribution in [0.1, 0.15) is 12.8 Å². The molecule has 2 aromatic heterocycles. The van der Waals surface area contributed by atoms with Crippen molar-refractivity contribution in [2.45, 2.75) is 23.9 Å². The Labute approximate surface area is 112 Å². The molecule has 7 nitrogen and oxygen atoms in total. The average molecular weight is 288 g/mol. The molecule has 2 heterocycles. The van der Waals surface area contributed by atoms with Gasteiger partial charge in [-0.05, 0) is 24.4 Å². The number of aromatic amines is 1. The maximum absolute atomic E-state index is 5.87. The van der Waals surface area contributed by atoms with Gasteiger partial charge in [-0.1, -0.05) is 0 Å². The summed E-state index contributed by atoms with van der Waals surface area (Å²) in [5.41, 5.74) is 0.570. The van der Waals surface area contributed by atoms with Gasteiger partial charge >= 0.3 is 0 Å². The van der Waals surface area contributed by atoms with Crippen LogP contribution in [0.5, 0.6) is 0 Å². The van der Waals surface area contributed by atoms with E-state index in [2.05, 4.69) is 30.4 Å². The zero-order valence-electron chi connectivity index (χ0n) is 9.44. The monoisotopic (exact) mass is 287 g/mol. The zero-order valence-corrected chi connectivity index (χ0v) is 11.0. The highest BCUT2D eigenvalue weighted by Gasteiger charge is 2.24. The normalized spacial score (nSPS) is 15.2. The largest absolute Gasteiger partial charge is 0.367 e. The number of hydrogen-bond acceptors (Lipinski definition) is 7. The third-order valence-electron chi connectivity index (χ3n) is 2.46. The summed E-state index contributed by atoms with van der Waals surface area (Å²) >= 11 is 6.86. The van der Waals surface area contributed by atoms with Gasteiger partial charge in [0.1, 0.15) is 5.82 Å². The van der Waals surface area contributed by atoms with Crippen molar-refractivity contribution in [1.29, 1.82) is 0 Å². The number of fused-ring (bicyclic) bond motifs is 1. The Bertz CT molecular complexity index is 573. The lowest BCUT2D eigenvalue weighted by Gasteiger charge is -2.05.